The van der Waals surface area contributed by atoms with Crippen molar-refractivity contribution in [2.24, 2.45) is 0 Å². The maximum Gasteiger partial charge on any atom is 0.224 e. The first-order valence-corrected chi connectivity index (χ1v) is 10.4. The van der Waals surface area contributed by atoms with Crippen molar-refractivity contribution in [3.8, 4) is 5.75 Å². The second-order valence-electron chi connectivity index (χ2n) is 7.25. The molecule has 3 aromatic carbocycles. The first-order chi connectivity index (χ1) is 15.3. The molecule has 1 aromatic heterocycles. The first kappa shape index (κ1) is 20.7. The Labute approximate surface area is 181 Å². The van der Waals surface area contributed by atoms with Gasteiger partial charge in [0.1, 0.15) is 18.1 Å². The van der Waals surface area contributed by atoms with Gasteiger partial charge in [-0.2, -0.15) is 0 Å². The molecular weight excluding hydrogens is 390 g/mol. The minimum atomic E-state index is -0.0322. The summed E-state index contributed by atoms with van der Waals surface area (Å²) in [5.74, 6) is 1.60. The number of rotatable bonds is 10. The smallest absolute Gasteiger partial charge is 0.224 e. The van der Waals surface area contributed by atoms with Gasteiger partial charge in [-0.15, -0.1) is 0 Å². The van der Waals surface area contributed by atoms with E-state index < -0.39 is 0 Å². The van der Waals surface area contributed by atoms with Gasteiger partial charge in [-0.1, -0.05) is 48.5 Å². The number of carbonyl (C=O) groups is 1. The van der Waals surface area contributed by atoms with Crippen LogP contribution < -0.4 is 10.1 Å². The summed E-state index contributed by atoms with van der Waals surface area (Å²) >= 11 is 0. The minimum Gasteiger partial charge on any atom is -0.493 e. The average molecular weight is 415 g/mol. The molecule has 31 heavy (non-hydrogen) atoms. The molecule has 0 aliphatic carbocycles. The zero-order chi connectivity index (χ0) is 21.3. The van der Waals surface area contributed by atoms with Crippen molar-refractivity contribution in [3.63, 3.8) is 0 Å². The second kappa shape index (κ2) is 10.5. The molecule has 0 saturated heterocycles. The Kier molecular flexibility index (Phi) is 6.98. The highest BCUT2D eigenvalue weighted by atomic mass is 16.5. The van der Waals surface area contributed by atoms with Gasteiger partial charge in [0, 0.05) is 17.5 Å². The molecule has 0 atom stereocenters. The van der Waals surface area contributed by atoms with E-state index >= 15 is 0 Å². The molecule has 1 amide bonds. The third-order valence-corrected chi connectivity index (χ3v) is 4.86. The highest BCUT2D eigenvalue weighted by molar-refractivity contribution is 5.90. The van der Waals surface area contributed by atoms with Crippen molar-refractivity contribution < 1.29 is 18.7 Å². The molecular formula is C26H25NO4. The zero-order valence-electron chi connectivity index (χ0n) is 17.3. The Balaban J connectivity index is 1.20. The van der Waals surface area contributed by atoms with Crippen molar-refractivity contribution in [3.05, 3.63) is 96.4 Å². The molecule has 0 unspecified atom stereocenters. The number of nitrogens with one attached hydrogen (secondary N) is 1. The quantitative estimate of drug-likeness (QED) is 0.325. The Morgan fingerprint density at radius 2 is 1.77 bits per heavy atom. The standard InChI is InChI=1S/C26H25NO4/c28-26(14-6-16-31-25-13-4-9-21-8-1-2-12-24(21)25)27-22-10-3-7-20(17-22)18-29-19-23-11-5-15-30-23/h1-5,7-13,15,17H,6,14,16,18-19H2,(H,27,28). The van der Waals surface area contributed by atoms with Gasteiger partial charge in [0.15, 0.2) is 0 Å². The number of hydrogen-bond acceptors (Lipinski definition) is 4. The third kappa shape index (κ3) is 5.96. The predicted octanol–water partition coefficient (Wildman–Crippen LogP) is 5.95. The third-order valence-electron chi connectivity index (χ3n) is 4.86. The lowest BCUT2D eigenvalue weighted by molar-refractivity contribution is -0.116. The molecule has 0 bridgehead atoms. The van der Waals surface area contributed by atoms with Crippen LogP contribution in [0, 0.1) is 0 Å². The zero-order valence-corrected chi connectivity index (χ0v) is 17.3. The van der Waals surface area contributed by atoms with Crippen LogP contribution in [0.25, 0.3) is 10.8 Å². The lowest BCUT2D eigenvalue weighted by Crippen LogP contribution is -2.13. The van der Waals surface area contributed by atoms with Crippen LogP contribution in [0.4, 0.5) is 5.69 Å². The molecule has 0 radical (unpaired) electrons. The number of hydrogen-bond donors (Lipinski definition) is 1. The van der Waals surface area contributed by atoms with E-state index in [0.717, 1.165) is 33.5 Å². The van der Waals surface area contributed by atoms with Gasteiger partial charge in [0.2, 0.25) is 5.91 Å². The molecule has 158 valence electrons. The van der Waals surface area contributed by atoms with Gasteiger partial charge in [0.05, 0.1) is 19.5 Å². The number of ether oxygens (including phenoxy) is 2. The van der Waals surface area contributed by atoms with Crippen molar-refractivity contribution in [1.82, 2.24) is 0 Å². The van der Waals surface area contributed by atoms with Crippen LogP contribution in [0.1, 0.15) is 24.2 Å². The summed E-state index contributed by atoms with van der Waals surface area (Å²) in [6, 6.07) is 25.5. The number of furan rings is 1. The van der Waals surface area contributed by atoms with Gasteiger partial charge in [0.25, 0.3) is 0 Å². The summed E-state index contributed by atoms with van der Waals surface area (Å²) in [6.45, 7) is 1.35. The van der Waals surface area contributed by atoms with E-state index in [0.29, 0.717) is 32.7 Å². The summed E-state index contributed by atoms with van der Waals surface area (Å²) in [5.41, 5.74) is 1.75. The summed E-state index contributed by atoms with van der Waals surface area (Å²) in [6.07, 6.45) is 2.66. The van der Waals surface area contributed by atoms with Gasteiger partial charge >= 0.3 is 0 Å². The first-order valence-electron chi connectivity index (χ1n) is 10.4. The van der Waals surface area contributed by atoms with Crippen LogP contribution in [-0.4, -0.2) is 12.5 Å². The minimum absolute atomic E-state index is 0.0322. The topological polar surface area (TPSA) is 60.7 Å². The van der Waals surface area contributed by atoms with Crippen molar-refractivity contribution in [2.45, 2.75) is 26.1 Å². The van der Waals surface area contributed by atoms with Gasteiger partial charge in [-0.3, -0.25) is 4.79 Å². The summed E-state index contributed by atoms with van der Waals surface area (Å²) in [5, 5.41) is 5.17. The van der Waals surface area contributed by atoms with Crippen molar-refractivity contribution in [1.29, 1.82) is 0 Å². The molecule has 4 rings (SSSR count). The van der Waals surface area contributed by atoms with Crippen LogP contribution in [0.2, 0.25) is 0 Å². The van der Waals surface area contributed by atoms with Crippen LogP contribution in [0.5, 0.6) is 5.75 Å². The number of benzene rings is 3. The highest BCUT2D eigenvalue weighted by Crippen LogP contribution is 2.25. The molecule has 0 aliphatic heterocycles. The second-order valence-corrected chi connectivity index (χ2v) is 7.25. The lowest BCUT2D eigenvalue weighted by atomic mass is 10.1. The van der Waals surface area contributed by atoms with Gasteiger partial charge in [-0.05, 0) is 47.7 Å². The summed E-state index contributed by atoms with van der Waals surface area (Å²) in [7, 11) is 0. The molecule has 1 heterocycles. The molecule has 0 fully saturated rings. The lowest BCUT2D eigenvalue weighted by Gasteiger charge is -2.10. The van der Waals surface area contributed by atoms with Crippen LogP contribution in [-0.2, 0) is 22.7 Å². The van der Waals surface area contributed by atoms with E-state index in [1.54, 1.807) is 6.26 Å². The Morgan fingerprint density at radius 1 is 0.903 bits per heavy atom. The van der Waals surface area contributed by atoms with E-state index in [4.69, 9.17) is 13.9 Å². The number of anilines is 1. The fourth-order valence-electron chi connectivity index (χ4n) is 3.36. The fourth-order valence-corrected chi connectivity index (χ4v) is 3.36. The highest BCUT2D eigenvalue weighted by Gasteiger charge is 2.06. The normalized spacial score (nSPS) is 10.8. The Hall–Kier alpha value is -3.57. The monoisotopic (exact) mass is 415 g/mol. The Morgan fingerprint density at radius 3 is 2.68 bits per heavy atom. The molecule has 4 aromatic rings. The fraction of sp³-hybridized carbons (Fsp3) is 0.192. The summed E-state index contributed by atoms with van der Waals surface area (Å²) < 4.78 is 16.8. The average Bonchev–Trinajstić information content (AvgIpc) is 3.31. The van der Waals surface area contributed by atoms with E-state index in [1.807, 2.05) is 66.7 Å². The van der Waals surface area contributed by atoms with Gasteiger partial charge in [-0.25, -0.2) is 0 Å². The molecule has 0 saturated carbocycles. The van der Waals surface area contributed by atoms with Crippen molar-refractivity contribution >= 4 is 22.4 Å². The van der Waals surface area contributed by atoms with Crippen LogP contribution in [0.3, 0.4) is 0 Å². The van der Waals surface area contributed by atoms with E-state index in [2.05, 4.69) is 17.4 Å². The number of fused-ring (bicyclic) bond motifs is 1. The molecule has 0 spiro atoms. The number of carbonyl (C=O) groups excluding carboxylic acids is 1. The molecule has 1 N–H and O–H groups in total. The molecule has 5 nitrogen and oxygen atoms in total. The van der Waals surface area contributed by atoms with Crippen LogP contribution in [0.15, 0.2) is 89.5 Å². The SMILES string of the molecule is O=C(CCCOc1cccc2ccccc12)Nc1cccc(COCc2ccco2)c1. The molecule has 5 heteroatoms. The maximum absolute atomic E-state index is 12.3. The van der Waals surface area contributed by atoms with Gasteiger partial charge < -0.3 is 19.2 Å². The van der Waals surface area contributed by atoms with Crippen LogP contribution >= 0.6 is 0 Å². The Bertz CT molecular complexity index is 1120. The largest absolute Gasteiger partial charge is 0.493 e. The summed E-state index contributed by atoms with van der Waals surface area (Å²) in [4.78, 5) is 12.3. The van der Waals surface area contributed by atoms with E-state index in [-0.39, 0.29) is 5.91 Å². The predicted molar refractivity (Wildman–Crippen MR) is 121 cm³/mol. The van der Waals surface area contributed by atoms with E-state index in [1.165, 1.54) is 0 Å². The van der Waals surface area contributed by atoms with E-state index in [9.17, 15) is 4.79 Å². The van der Waals surface area contributed by atoms with Crippen molar-refractivity contribution in [2.75, 3.05) is 11.9 Å². The number of amides is 1. The maximum atomic E-state index is 12.3. The molecule has 0 aliphatic rings.